The molecule has 0 aliphatic rings. The lowest BCUT2D eigenvalue weighted by Crippen LogP contribution is -2.46. The van der Waals surface area contributed by atoms with Gasteiger partial charge in [-0.1, -0.05) is 91.0 Å². The molecule has 0 amide bonds. The van der Waals surface area contributed by atoms with E-state index in [2.05, 4.69) is 41.7 Å². The van der Waals surface area contributed by atoms with E-state index < -0.39 is 11.5 Å². The molecule has 0 radical (unpaired) electrons. The second kappa shape index (κ2) is 11.9. The van der Waals surface area contributed by atoms with Crippen LogP contribution in [0.5, 0.6) is 0 Å². The standard InChI is InChI=1S/C27H29NO4/c1-2-32-26(30)20-25(29)21-31-19-18-28-27(22-12-6-3-7-13-22,23-14-8-4-9-15-23)24-16-10-5-11-17-24/h3-17,28H,2,18-21H2,1H3. The minimum atomic E-state index is -0.581. The molecule has 5 heteroatoms. The van der Waals surface area contributed by atoms with Crippen LogP contribution in [-0.2, 0) is 24.6 Å². The molecule has 32 heavy (non-hydrogen) atoms. The first kappa shape index (κ1) is 23.4. The lowest BCUT2D eigenvalue weighted by atomic mass is 9.77. The zero-order chi connectivity index (χ0) is 22.7. The summed E-state index contributed by atoms with van der Waals surface area (Å²) in [5, 5.41) is 3.69. The number of nitrogens with one attached hydrogen (secondary N) is 1. The molecule has 1 N–H and O–H groups in total. The van der Waals surface area contributed by atoms with E-state index in [1.54, 1.807) is 6.92 Å². The lowest BCUT2D eigenvalue weighted by Gasteiger charge is -2.37. The van der Waals surface area contributed by atoms with Crippen LogP contribution in [0.3, 0.4) is 0 Å². The average Bonchev–Trinajstić information content (AvgIpc) is 2.83. The van der Waals surface area contributed by atoms with Crippen LogP contribution >= 0.6 is 0 Å². The predicted molar refractivity (Wildman–Crippen MR) is 124 cm³/mol. The molecule has 0 saturated carbocycles. The molecule has 0 saturated heterocycles. The van der Waals surface area contributed by atoms with Gasteiger partial charge >= 0.3 is 5.97 Å². The van der Waals surface area contributed by atoms with E-state index in [1.807, 2.05) is 54.6 Å². The van der Waals surface area contributed by atoms with Crippen molar-refractivity contribution in [1.29, 1.82) is 0 Å². The summed E-state index contributed by atoms with van der Waals surface area (Å²) < 4.78 is 10.4. The van der Waals surface area contributed by atoms with Crippen LogP contribution in [0.15, 0.2) is 91.0 Å². The van der Waals surface area contributed by atoms with Gasteiger partial charge in [0.15, 0.2) is 5.78 Å². The summed E-state index contributed by atoms with van der Waals surface area (Å²) in [5.74, 6) is -0.806. The van der Waals surface area contributed by atoms with Gasteiger partial charge in [-0.3, -0.25) is 14.9 Å². The fraction of sp³-hybridized carbons (Fsp3) is 0.259. The summed E-state index contributed by atoms with van der Waals surface area (Å²) in [6, 6.07) is 30.8. The monoisotopic (exact) mass is 431 g/mol. The second-order valence-electron chi connectivity index (χ2n) is 7.35. The number of rotatable bonds is 12. The van der Waals surface area contributed by atoms with Gasteiger partial charge in [-0.15, -0.1) is 0 Å². The fourth-order valence-corrected chi connectivity index (χ4v) is 3.79. The average molecular weight is 432 g/mol. The Morgan fingerprint density at radius 1 is 0.781 bits per heavy atom. The summed E-state index contributed by atoms with van der Waals surface area (Å²) in [6.45, 7) is 2.68. The smallest absolute Gasteiger partial charge is 0.313 e. The Bertz CT molecular complexity index is 878. The van der Waals surface area contributed by atoms with Crippen LogP contribution in [-0.4, -0.2) is 38.1 Å². The highest BCUT2D eigenvalue weighted by molar-refractivity contribution is 5.96. The van der Waals surface area contributed by atoms with E-state index in [4.69, 9.17) is 9.47 Å². The van der Waals surface area contributed by atoms with Crippen molar-refractivity contribution in [2.75, 3.05) is 26.4 Å². The van der Waals surface area contributed by atoms with Gasteiger partial charge in [-0.25, -0.2) is 0 Å². The number of carbonyl (C=O) groups is 2. The molecular weight excluding hydrogens is 402 g/mol. The predicted octanol–water partition coefficient (Wildman–Crippen LogP) is 4.11. The van der Waals surface area contributed by atoms with Crippen molar-refractivity contribution in [3.8, 4) is 0 Å². The van der Waals surface area contributed by atoms with Gasteiger partial charge in [0, 0.05) is 6.54 Å². The van der Waals surface area contributed by atoms with Gasteiger partial charge in [-0.05, 0) is 23.6 Å². The maximum Gasteiger partial charge on any atom is 0.313 e. The van der Waals surface area contributed by atoms with Crippen LogP contribution in [0.4, 0.5) is 0 Å². The quantitative estimate of drug-likeness (QED) is 0.202. The summed E-state index contributed by atoms with van der Waals surface area (Å²) in [4.78, 5) is 23.3. The first-order valence-electron chi connectivity index (χ1n) is 10.8. The molecule has 3 aromatic rings. The largest absolute Gasteiger partial charge is 0.466 e. The highest BCUT2D eigenvalue weighted by Gasteiger charge is 2.35. The molecule has 3 aromatic carbocycles. The Morgan fingerprint density at radius 3 is 1.69 bits per heavy atom. The normalized spacial score (nSPS) is 11.2. The molecular formula is C27H29NO4. The summed E-state index contributed by atoms with van der Waals surface area (Å²) in [5.41, 5.74) is 2.74. The second-order valence-corrected chi connectivity index (χ2v) is 7.35. The Labute approximate surface area is 189 Å². The van der Waals surface area contributed by atoms with Crippen molar-refractivity contribution < 1.29 is 19.1 Å². The zero-order valence-electron chi connectivity index (χ0n) is 18.3. The molecule has 0 fully saturated rings. The number of carbonyl (C=O) groups excluding carboxylic acids is 2. The molecule has 0 unspecified atom stereocenters. The third kappa shape index (κ3) is 5.90. The van der Waals surface area contributed by atoms with Crippen molar-refractivity contribution in [1.82, 2.24) is 5.32 Å². The van der Waals surface area contributed by atoms with Crippen LogP contribution < -0.4 is 5.32 Å². The number of benzene rings is 3. The zero-order valence-corrected chi connectivity index (χ0v) is 18.3. The maximum atomic E-state index is 11.9. The third-order valence-electron chi connectivity index (χ3n) is 5.17. The van der Waals surface area contributed by atoms with E-state index in [9.17, 15) is 9.59 Å². The molecule has 0 aromatic heterocycles. The van der Waals surface area contributed by atoms with E-state index >= 15 is 0 Å². The number of ketones is 1. The molecule has 166 valence electrons. The highest BCUT2D eigenvalue weighted by atomic mass is 16.5. The molecule has 0 aliphatic carbocycles. The van der Waals surface area contributed by atoms with Gasteiger partial charge in [-0.2, -0.15) is 0 Å². The van der Waals surface area contributed by atoms with E-state index in [1.165, 1.54) is 0 Å². The van der Waals surface area contributed by atoms with E-state index in [0.29, 0.717) is 13.2 Å². The maximum absolute atomic E-state index is 11.9. The van der Waals surface area contributed by atoms with Crippen molar-refractivity contribution in [3.63, 3.8) is 0 Å². The molecule has 0 spiro atoms. The van der Waals surface area contributed by atoms with Crippen LogP contribution in [0.1, 0.15) is 30.0 Å². The van der Waals surface area contributed by atoms with Crippen molar-refractivity contribution in [2.24, 2.45) is 0 Å². The summed E-state index contributed by atoms with van der Waals surface area (Å²) in [7, 11) is 0. The van der Waals surface area contributed by atoms with Gasteiger partial charge in [0.2, 0.25) is 0 Å². The van der Waals surface area contributed by atoms with Gasteiger partial charge in [0.05, 0.1) is 18.8 Å². The van der Waals surface area contributed by atoms with Gasteiger partial charge < -0.3 is 9.47 Å². The number of Topliss-reactive ketones (excluding diaryl/α,β-unsaturated/α-hetero) is 1. The molecule has 3 rings (SSSR count). The first-order valence-corrected chi connectivity index (χ1v) is 10.8. The van der Waals surface area contributed by atoms with E-state index in [-0.39, 0.29) is 25.4 Å². The lowest BCUT2D eigenvalue weighted by molar-refractivity contribution is -0.146. The molecule has 0 atom stereocenters. The molecule has 0 heterocycles. The number of ether oxygens (including phenoxy) is 2. The summed E-state index contributed by atoms with van der Waals surface area (Å²) >= 11 is 0. The number of hydrogen-bond donors (Lipinski definition) is 1. The van der Waals surface area contributed by atoms with Crippen LogP contribution in [0, 0.1) is 0 Å². The summed E-state index contributed by atoms with van der Waals surface area (Å²) in [6.07, 6.45) is -0.261. The Morgan fingerprint density at radius 2 is 1.25 bits per heavy atom. The van der Waals surface area contributed by atoms with Crippen molar-refractivity contribution in [2.45, 2.75) is 18.9 Å². The van der Waals surface area contributed by atoms with Crippen LogP contribution in [0.25, 0.3) is 0 Å². The highest BCUT2D eigenvalue weighted by Crippen LogP contribution is 2.36. The third-order valence-corrected chi connectivity index (χ3v) is 5.17. The fourth-order valence-electron chi connectivity index (χ4n) is 3.79. The molecule has 5 nitrogen and oxygen atoms in total. The Kier molecular flexibility index (Phi) is 8.72. The minimum Gasteiger partial charge on any atom is -0.466 e. The first-order chi connectivity index (χ1) is 15.7. The minimum absolute atomic E-state index is 0.116. The topological polar surface area (TPSA) is 64.6 Å². The molecule has 0 bridgehead atoms. The van der Waals surface area contributed by atoms with Crippen molar-refractivity contribution >= 4 is 11.8 Å². The Hall–Kier alpha value is -3.28. The van der Waals surface area contributed by atoms with Crippen molar-refractivity contribution in [3.05, 3.63) is 108 Å². The van der Waals surface area contributed by atoms with Gasteiger partial charge in [0.25, 0.3) is 0 Å². The van der Waals surface area contributed by atoms with Crippen LogP contribution in [0.2, 0.25) is 0 Å². The Balaban J connectivity index is 1.77. The van der Waals surface area contributed by atoms with E-state index in [0.717, 1.165) is 16.7 Å². The van der Waals surface area contributed by atoms with Gasteiger partial charge in [0.1, 0.15) is 13.0 Å². The number of hydrogen-bond acceptors (Lipinski definition) is 5. The SMILES string of the molecule is CCOC(=O)CC(=O)COCCNC(c1ccccc1)(c1ccccc1)c1ccccc1. The number of esters is 1. The molecule has 0 aliphatic heterocycles.